The molecule has 0 unspecified atom stereocenters. The van der Waals surface area contributed by atoms with E-state index in [0.29, 0.717) is 16.9 Å². The second kappa shape index (κ2) is 7.71. The minimum Gasteiger partial charge on any atom is -0.461 e. The molecule has 0 saturated carbocycles. The molecule has 0 radical (unpaired) electrons. The molecule has 3 heterocycles. The van der Waals surface area contributed by atoms with Crippen LogP contribution in [0.25, 0.3) is 11.1 Å². The minimum absolute atomic E-state index is 0.133. The quantitative estimate of drug-likeness (QED) is 0.634. The third-order valence-corrected chi connectivity index (χ3v) is 4.64. The summed E-state index contributed by atoms with van der Waals surface area (Å²) in [5, 5.41) is 4.37. The molecule has 0 bridgehead atoms. The number of aromatic nitrogens is 3. The lowest BCUT2D eigenvalue weighted by atomic mass is 10.2. The van der Waals surface area contributed by atoms with E-state index in [-0.39, 0.29) is 12.3 Å². The first-order valence-electron chi connectivity index (χ1n) is 9.05. The van der Waals surface area contributed by atoms with Gasteiger partial charge in [-0.05, 0) is 12.5 Å². The summed E-state index contributed by atoms with van der Waals surface area (Å²) in [6.45, 7) is 6.35. The van der Waals surface area contributed by atoms with Crippen molar-refractivity contribution in [1.82, 2.24) is 20.0 Å². The first-order valence-corrected chi connectivity index (χ1v) is 9.05. The van der Waals surface area contributed by atoms with Crippen LogP contribution in [0.1, 0.15) is 23.0 Å². The van der Waals surface area contributed by atoms with E-state index in [2.05, 4.69) is 49.2 Å². The summed E-state index contributed by atoms with van der Waals surface area (Å²) >= 11 is 0. The van der Waals surface area contributed by atoms with Crippen LogP contribution in [0.3, 0.4) is 0 Å². The summed E-state index contributed by atoms with van der Waals surface area (Å²) < 4.78 is 10.3. The van der Waals surface area contributed by atoms with Crippen molar-refractivity contribution in [3.8, 4) is 0 Å². The summed E-state index contributed by atoms with van der Waals surface area (Å²) in [5.41, 5.74) is 1.74. The van der Waals surface area contributed by atoms with Gasteiger partial charge < -0.3 is 14.2 Å². The molecule has 0 atom stereocenters. The molecule has 0 N–H and O–H groups in total. The molecule has 1 fully saturated rings. The fraction of sp³-hybridized carbons (Fsp3) is 0.368. The topological polar surface area (TPSA) is 84.6 Å². The number of ether oxygens (including phenoxy) is 1. The van der Waals surface area contributed by atoms with Gasteiger partial charge in [-0.3, -0.25) is 4.90 Å². The van der Waals surface area contributed by atoms with E-state index in [1.165, 1.54) is 11.9 Å². The molecule has 1 aliphatic heterocycles. The van der Waals surface area contributed by atoms with E-state index in [4.69, 9.17) is 9.26 Å². The molecule has 140 valence electrons. The van der Waals surface area contributed by atoms with Gasteiger partial charge in [0.2, 0.25) is 5.69 Å². The molecule has 1 aliphatic rings. The van der Waals surface area contributed by atoms with Crippen molar-refractivity contribution in [2.24, 2.45) is 0 Å². The highest BCUT2D eigenvalue weighted by Gasteiger charge is 2.26. The molecule has 0 spiro atoms. The van der Waals surface area contributed by atoms with Crippen molar-refractivity contribution in [2.75, 3.05) is 37.7 Å². The van der Waals surface area contributed by atoms with Crippen molar-refractivity contribution in [3.05, 3.63) is 47.9 Å². The largest absolute Gasteiger partial charge is 0.461 e. The van der Waals surface area contributed by atoms with Crippen molar-refractivity contribution < 1.29 is 14.1 Å². The predicted octanol–water partition coefficient (Wildman–Crippen LogP) is 2.12. The van der Waals surface area contributed by atoms with Crippen molar-refractivity contribution in [3.63, 3.8) is 0 Å². The highest BCUT2D eigenvalue weighted by Crippen LogP contribution is 2.27. The Morgan fingerprint density at radius 1 is 1.15 bits per heavy atom. The minimum atomic E-state index is -0.519. The third kappa shape index (κ3) is 3.61. The number of hydrogen-bond acceptors (Lipinski definition) is 8. The summed E-state index contributed by atoms with van der Waals surface area (Å²) in [5.74, 6) is 0.152. The zero-order chi connectivity index (χ0) is 18.6. The highest BCUT2D eigenvalue weighted by molar-refractivity contribution is 6.04. The second-order valence-electron chi connectivity index (χ2n) is 6.38. The van der Waals surface area contributed by atoms with Crippen LogP contribution in [0.2, 0.25) is 0 Å². The summed E-state index contributed by atoms with van der Waals surface area (Å²) in [6.07, 6.45) is 1.44. The summed E-state index contributed by atoms with van der Waals surface area (Å²) in [7, 11) is 0. The van der Waals surface area contributed by atoms with Crippen LogP contribution in [-0.2, 0) is 11.3 Å². The van der Waals surface area contributed by atoms with Gasteiger partial charge in [-0.15, -0.1) is 0 Å². The summed E-state index contributed by atoms with van der Waals surface area (Å²) in [4.78, 5) is 25.2. The lowest BCUT2D eigenvalue weighted by Gasteiger charge is -2.35. The van der Waals surface area contributed by atoms with Crippen LogP contribution in [0.15, 0.2) is 41.2 Å². The van der Waals surface area contributed by atoms with E-state index < -0.39 is 5.97 Å². The molecule has 0 aliphatic carbocycles. The van der Waals surface area contributed by atoms with Gasteiger partial charge in [-0.2, -0.15) is 4.98 Å². The van der Waals surface area contributed by atoms with Gasteiger partial charge in [0.15, 0.2) is 0 Å². The average molecular weight is 367 g/mol. The molecular formula is C19H21N5O3. The molecule has 1 saturated heterocycles. The van der Waals surface area contributed by atoms with Gasteiger partial charge in [0.25, 0.3) is 5.71 Å². The number of benzene rings is 1. The molecular weight excluding hydrogens is 346 g/mol. The Hall–Kier alpha value is -3.00. The number of rotatable bonds is 5. The number of nitrogens with zero attached hydrogens (tertiary/aromatic N) is 5. The molecule has 4 rings (SSSR count). The smallest absolute Gasteiger partial charge is 0.361 e. The van der Waals surface area contributed by atoms with Gasteiger partial charge in [0.1, 0.15) is 17.5 Å². The SMILES string of the molecule is CCOC(=O)c1noc2ncnc(N3CCN(Cc4ccccc4)CC3)c12. The van der Waals surface area contributed by atoms with Crippen molar-refractivity contribution in [2.45, 2.75) is 13.5 Å². The van der Waals surface area contributed by atoms with Crippen LogP contribution in [0, 0.1) is 0 Å². The zero-order valence-corrected chi connectivity index (χ0v) is 15.2. The van der Waals surface area contributed by atoms with E-state index >= 15 is 0 Å². The standard InChI is InChI=1S/C19H21N5O3/c1-2-26-19(25)16-15-17(20-13-21-18(15)27-22-16)24-10-8-23(9-11-24)12-14-6-4-3-5-7-14/h3-7,13H,2,8-12H2,1H3. The van der Waals surface area contributed by atoms with Gasteiger partial charge in [-0.1, -0.05) is 35.5 Å². The molecule has 27 heavy (non-hydrogen) atoms. The zero-order valence-electron chi connectivity index (χ0n) is 15.2. The number of hydrogen-bond donors (Lipinski definition) is 0. The monoisotopic (exact) mass is 367 g/mol. The molecule has 8 nitrogen and oxygen atoms in total. The molecule has 2 aromatic heterocycles. The Bertz CT molecular complexity index is 919. The van der Waals surface area contributed by atoms with Crippen LogP contribution in [0.5, 0.6) is 0 Å². The first-order chi connectivity index (χ1) is 13.3. The van der Waals surface area contributed by atoms with Crippen molar-refractivity contribution >= 4 is 22.9 Å². The van der Waals surface area contributed by atoms with Gasteiger partial charge in [-0.25, -0.2) is 9.78 Å². The van der Waals surface area contributed by atoms with Crippen LogP contribution in [0.4, 0.5) is 5.82 Å². The Morgan fingerprint density at radius 3 is 2.67 bits per heavy atom. The number of piperazine rings is 1. The molecule has 1 aromatic carbocycles. The Balaban J connectivity index is 1.52. The van der Waals surface area contributed by atoms with Gasteiger partial charge >= 0.3 is 5.97 Å². The lowest BCUT2D eigenvalue weighted by molar-refractivity contribution is 0.0517. The number of fused-ring (bicyclic) bond motifs is 1. The van der Waals surface area contributed by atoms with Crippen LogP contribution < -0.4 is 4.90 Å². The Kier molecular flexibility index (Phi) is 4.97. The summed E-state index contributed by atoms with van der Waals surface area (Å²) in [6, 6.07) is 10.4. The Morgan fingerprint density at radius 2 is 1.93 bits per heavy atom. The first kappa shape index (κ1) is 17.4. The van der Waals surface area contributed by atoms with E-state index in [0.717, 1.165) is 32.7 Å². The van der Waals surface area contributed by atoms with E-state index in [9.17, 15) is 4.79 Å². The molecule has 0 amide bonds. The maximum Gasteiger partial charge on any atom is 0.361 e. The van der Waals surface area contributed by atoms with E-state index in [1.807, 2.05) is 6.07 Å². The molecule has 3 aromatic rings. The maximum atomic E-state index is 12.2. The Labute approximate surface area is 156 Å². The number of carbonyl (C=O) groups is 1. The van der Waals surface area contributed by atoms with Gasteiger partial charge in [0.05, 0.1) is 6.61 Å². The number of anilines is 1. The third-order valence-electron chi connectivity index (χ3n) is 4.64. The van der Waals surface area contributed by atoms with Crippen molar-refractivity contribution in [1.29, 1.82) is 0 Å². The average Bonchev–Trinajstić information content (AvgIpc) is 3.14. The predicted molar refractivity (Wildman–Crippen MR) is 99.5 cm³/mol. The van der Waals surface area contributed by atoms with Crippen LogP contribution >= 0.6 is 0 Å². The van der Waals surface area contributed by atoms with Gasteiger partial charge in [0, 0.05) is 32.7 Å². The normalized spacial score (nSPS) is 15.2. The number of carbonyl (C=O) groups excluding carboxylic acids is 1. The van der Waals surface area contributed by atoms with Crippen LogP contribution in [-0.4, -0.2) is 58.8 Å². The lowest BCUT2D eigenvalue weighted by Crippen LogP contribution is -2.46. The fourth-order valence-electron chi connectivity index (χ4n) is 3.31. The molecule has 8 heteroatoms. The van der Waals surface area contributed by atoms with E-state index in [1.54, 1.807) is 6.92 Å². The fourth-order valence-corrected chi connectivity index (χ4v) is 3.31. The highest BCUT2D eigenvalue weighted by atomic mass is 16.5. The maximum absolute atomic E-state index is 12.2. The number of esters is 1. The second-order valence-corrected chi connectivity index (χ2v) is 6.38.